The first-order valence-electron chi connectivity index (χ1n) is 11.9. The maximum atomic E-state index is 13.3. The fraction of sp³-hybridized carbons (Fsp3) is 0.214. The van der Waals surface area contributed by atoms with Gasteiger partial charge in [-0.1, -0.05) is 70.7 Å². The zero-order valence-corrected chi connectivity index (χ0v) is 24.1. The molecule has 0 aliphatic rings. The molecule has 196 valence electrons. The van der Waals surface area contributed by atoms with Crippen molar-refractivity contribution in [3.8, 4) is 5.75 Å². The molecule has 0 radical (unpaired) electrons. The Balaban J connectivity index is 1.57. The maximum absolute atomic E-state index is 13.3. The van der Waals surface area contributed by atoms with Crippen LogP contribution >= 0.6 is 39.1 Å². The largest absolute Gasteiger partial charge is 0.481 e. The summed E-state index contributed by atoms with van der Waals surface area (Å²) in [6.45, 7) is 5.71. The van der Waals surface area contributed by atoms with Crippen molar-refractivity contribution in [1.82, 2.24) is 9.66 Å². The Kier molecular flexibility index (Phi) is 8.87. The van der Waals surface area contributed by atoms with Crippen molar-refractivity contribution in [2.75, 3.05) is 11.9 Å². The number of anilines is 1. The Labute approximate surface area is 238 Å². The van der Waals surface area contributed by atoms with Crippen LogP contribution in [0.3, 0.4) is 0 Å². The summed E-state index contributed by atoms with van der Waals surface area (Å²) in [5.41, 5.74) is 2.63. The number of hydrogen-bond donors (Lipinski definition) is 1. The molecular formula is C28H25BrCl2N4O3. The van der Waals surface area contributed by atoms with Crippen molar-refractivity contribution in [3.63, 3.8) is 0 Å². The molecule has 1 aromatic heterocycles. The van der Waals surface area contributed by atoms with Gasteiger partial charge in [-0.2, -0.15) is 9.78 Å². The molecule has 0 fully saturated rings. The number of amides is 1. The van der Waals surface area contributed by atoms with Gasteiger partial charge in [0, 0.05) is 16.1 Å². The van der Waals surface area contributed by atoms with Gasteiger partial charge in [0.1, 0.15) is 5.82 Å². The van der Waals surface area contributed by atoms with Crippen LogP contribution in [-0.4, -0.2) is 28.4 Å². The summed E-state index contributed by atoms with van der Waals surface area (Å²) in [4.78, 5) is 30.3. The van der Waals surface area contributed by atoms with E-state index in [0.717, 1.165) is 16.5 Å². The number of nitrogens with zero attached hydrogens (tertiary/aromatic N) is 3. The number of halogens is 3. The molecule has 4 aromatic rings. The molecule has 0 bridgehead atoms. The highest BCUT2D eigenvalue weighted by molar-refractivity contribution is 9.10. The number of aromatic nitrogens is 2. The molecule has 0 saturated heterocycles. The maximum Gasteiger partial charge on any atom is 0.282 e. The van der Waals surface area contributed by atoms with Gasteiger partial charge >= 0.3 is 0 Å². The molecule has 1 heterocycles. The first-order valence-corrected chi connectivity index (χ1v) is 13.5. The minimum Gasteiger partial charge on any atom is -0.481 e. The highest BCUT2D eigenvalue weighted by Crippen LogP contribution is 2.34. The summed E-state index contributed by atoms with van der Waals surface area (Å²) in [6.07, 6.45) is 2.27. The van der Waals surface area contributed by atoms with Gasteiger partial charge in [0.25, 0.3) is 11.5 Å². The van der Waals surface area contributed by atoms with Gasteiger partial charge in [0.15, 0.2) is 12.4 Å². The van der Waals surface area contributed by atoms with Crippen LogP contribution in [0.5, 0.6) is 5.75 Å². The number of ether oxygens (including phenoxy) is 1. The average Bonchev–Trinajstić information content (AvgIpc) is 2.88. The topological polar surface area (TPSA) is 85.6 Å². The lowest BCUT2D eigenvalue weighted by molar-refractivity contribution is -0.118. The Morgan fingerprint density at radius 3 is 2.50 bits per heavy atom. The smallest absolute Gasteiger partial charge is 0.282 e. The van der Waals surface area contributed by atoms with Crippen molar-refractivity contribution < 1.29 is 9.53 Å². The summed E-state index contributed by atoms with van der Waals surface area (Å²) >= 11 is 16.2. The SMILES string of the molecule is CC[C@H](C)c1nc2ccc(Br)cc2c(=O)n1N=Cc1cc(Cl)c(OCC(=O)Nc2ccc(C)cc2)c(Cl)c1. The van der Waals surface area contributed by atoms with Gasteiger partial charge in [-0.15, -0.1) is 0 Å². The zero-order valence-electron chi connectivity index (χ0n) is 21.0. The second-order valence-electron chi connectivity index (χ2n) is 8.82. The third kappa shape index (κ3) is 6.43. The quantitative estimate of drug-likeness (QED) is 0.213. The Bertz CT molecular complexity index is 1560. The highest BCUT2D eigenvalue weighted by atomic mass is 79.9. The second-order valence-corrected chi connectivity index (χ2v) is 10.5. The van der Waals surface area contributed by atoms with Gasteiger partial charge in [0.05, 0.1) is 27.2 Å². The van der Waals surface area contributed by atoms with E-state index < -0.39 is 0 Å². The van der Waals surface area contributed by atoms with Crippen LogP contribution in [-0.2, 0) is 4.79 Å². The summed E-state index contributed by atoms with van der Waals surface area (Å²) in [7, 11) is 0. The highest BCUT2D eigenvalue weighted by Gasteiger charge is 2.16. The third-order valence-electron chi connectivity index (χ3n) is 5.91. The standard InChI is InChI=1S/C28H25BrCl2N4O3/c1-4-17(3)27-34-24-10-7-19(29)13-21(24)28(37)35(27)32-14-18-11-22(30)26(23(31)12-18)38-15-25(36)33-20-8-5-16(2)6-9-20/h5-14,17H,4,15H2,1-3H3,(H,33,36)/t17-/m0/s1. The van der Waals surface area contributed by atoms with Crippen LogP contribution in [0.1, 0.15) is 43.1 Å². The predicted molar refractivity (Wildman–Crippen MR) is 157 cm³/mol. The van der Waals surface area contributed by atoms with Gasteiger partial charge in [-0.3, -0.25) is 9.59 Å². The monoisotopic (exact) mass is 614 g/mol. The molecule has 4 rings (SSSR count). The number of hydrogen-bond acceptors (Lipinski definition) is 5. The average molecular weight is 616 g/mol. The minimum absolute atomic E-state index is 0.00176. The van der Waals surface area contributed by atoms with E-state index in [-0.39, 0.29) is 39.8 Å². The van der Waals surface area contributed by atoms with Gasteiger partial charge in [0.2, 0.25) is 0 Å². The van der Waals surface area contributed by atoms with Gasteiger partial charge in [-0.05, 0) is 61.4 Å². The molecule has 0 saturated carbocycles. The number of fused-ring (bicyclic) bond motifs is 1. The van der Waals surface area contributed by atoms with Gasteiger partial charge in [-0.25, -0.2) is 4.98 Å². The fourth-order valence-electron chi connectivity index (χ4n) is 3.67. The van der Waals surface area contributed by atoms with E-state index in [0.29, 0.717) is 28.0 Å². The van der Waals surface area contributed by atoms with E-state index >= 15 is 0 Å². The van der Waals surface area contributed by atoms with E-state index in [1.807, 2.05) is 51.1 Å². The molecule has 0 unspecified atom stereocenters. The van der Waals surface area contributed by atoms with Crippen molar-refractivity contribution in [2.45, 2.75) is 33.1 Å². The fourth-order valence-corrected chi connectivity index (χ4v) is 4.64. The summed E-state index contributed by atoms with van der Waals surface area (Å²) in [5, 5.41) is 8.06. The number of nitrogens with one attached hydrogen (secondary N) is 1. The van der Waals surface area contributed by atoms with Crippen LogP contribution < -0.4 is 15.6 Å². The van der Waals surface area contributed by atoms with Crippen LogP contribution in [0.15, 0.2) is 69.0 Å². The number of carbonyl (C=O) groups is 1. The van der Waals surface area contributed by atoms with Crippen molar-refractivity contribution in [2.24, 2.45) is 5.10 Å². The molecular weight excluding hydrogens is 591 g/mol. The van der Waals surface area contributed by atoms with Crippen molar-refractivity contribution in [1.29, 1.82) is 0 Å². The number of benzene rings is 3. The van der Waals surface area contributed by atoms with Crippen molar-refractivity contribution >= 4 is 67.8 Å². The molecule has 3 aromatic carbocycles. The van der Waals surface area contributed by atoms with Gasteiger partial charge < -0.3 is 10.1 Å². The lowest BCUT2D eigenvalue weighted by Gasteiger charge is -2.14. The normalized spacial score (nSPS) is 12.2. The Morgan fingerprint density at radius 1 is 1.16 bits per heavy atom. The van der Waals surface area contributed by atoms with Crippen LogP contribution in [0.4, 0.5) is 5.69 Å². The summed E-state index contributed by atoms with van der Waals surface area (Å²) in [6, 6.07) is 16.0. The molecule has 0 spiro atoms. The molecule has 10 heteroatoms. The third-order valence-corrected chi connectivity index (χ3v) is 6.97. The van der Waals surface area contributed by atoms with Crippen LogP contribution in [0.25, 0.3) is 10.9 Å². The van der Waals surface area contributed by atoms with Crippen LogP contribution in [0.2, 0.25) is 10.0 Å². The Hall–Kier alpha value is -3.20. The van der Waals surface area contributed by atoms with E-state index in [2.05, 4.69) is 26.3 Å². The molecule has 38 heavy (non-hydrogen) atoms. The number of aryl methyl sites for hydroxylation is 1. The summed E-state index contributed by atoms with van der Waals surface area (Å²) in [5.74, 6) is 0.389. The summed E-state index contributed by atoms with van der Waals surface area (Å²) < 4.78 is 7.68. The van der Waals surface area contributed by atoms with Crippen LogP contribution in [0, 0.1) is 6.92 Å². The van der Waals surface area contributed by atoms with E-state index in [9.17, 15) is 9.59 Å². The number of carbonyl (C=O) groups excluding carboxylic acids is 1. The molecule has 0 aliphatic heterocycles. The molecule has 1 amide bonds. The first kappa shape index (κ1) is 27.8. The Morgan fingerprint density at radius 2 is 1.84 bits per heavy atom. The van der Waals surface area contributed by atoms with E-state index in [1.165, 1.54) is 10.9 Å². The van der Waals surface area contributed by atoms with Crippen molar-refractivity contribution in [3.05, 3.63) is 96.4 Å². The molecule has 7 nitrogen and oxygen atoms in total. The molecule has 1 atom stereocenters. The molecule has 1 N–H and O–H groups in total. The minimum atomic E-state index is -0.348. The first-order chi connectivity index (χ1) is 18.2. The lowest BCUT2D eigenvalue weighted by Crippen LogP contribution is -2.23. The molecule has 0 aliphatic carbocycles. The number of rotatable bonds is 8. The van der Waals surface area contributed by atoms with E-state index in [1.54, 1.807) is 24.3 Å². The zero-order chi connectivity index (χ0) is 27.4. The lowest BCUT2D eigenvalue weighted by atomic mass is 10.1. The van der Waals surface area contributed by atoms with E-state index in [4.69, 9.17) is 32.9 Å². The predicted octanol–water partition coefficient (Wildman–Crippen LogP) is 7.19. The second kappa shape index (κ2) is 12.1.